The van der Waals surface area contributed by atoms with Crippen molar-refractivity contribution in [2.45, 2.75) is 12.8 Å². The first-order valence-corrected chi connectivity index (χ1v) is 8.56. The molecule has 1 aromatic heterocycles. The number of carbonyl (C=O) groups is 2. The van der Waals surface area contributed by atoms with E-state index in [9.17, 15) is 9.59 Å². The number of anilines is 1. The Morgan fingerprint density at radius 2 is 1.92 bits per heavy atom. The van der Waals surface area contributed by atoms with E-state index in [1.54, 1.807) is 18.5 Å². The van der Waals surface area contributed by atoms with Crippen molar-refractivity contribution < 1.29 is 14.5 Å². The van der Waals surface area contributed by atoms with Gasteiger partial charge in [-0.2, -0.15) is 0 Å². The van der Waals surface area contributed by atoms with Gasteiger partial charge in [0.1, 0.15) is 0 Å². The van der Waals surface area contributed by atoms with Crippen LogP contribution >= 0.6 is 0 Å². The molecule has 0 radical (unpaired) electrons. The summed E-state index contributed by atoms with van der Waals surface area (Å²) in [7, 11) is 0. The summed E-state index contributed by atoms with van der Waals surface area (Å²) in [6.07, 6.45) is 5.27. The number of aromatic nitrogens is 2. The van der Waals surface area contributed by atoms with Crippen molar-refractivity contribution in [3.05, 3.63) is 18.5 Å². The van der Waals surface area contributed by atoms with Crippen LogP contribution in [0.25, 0.3) is 0 Å². The zero-order valence-corrected chi connectivity index (χ0v) is 13.9. The number of hydrogen-bond acceptors (Lipinski definition) is 5. The van der Waals surface area contributed by atoms with E-state index < -0.39 is 0 Å². The van der Waals surface area contributed by atoms with Crippen LogP contribution in [0.5, 0.6) is 0 Å². The maximum absolute atomic E-state index is 12.5. The van der Waals surface area contributed by atoms with Gasteiger partial charge >= 0.3 is 0 Å². The molecular formula is C16H25N6O2+. The van der Waals surface area contributed by atoms with E-state index in [0.29, 0.717) is 26.2 Å². The number of piperazine rings is 1. The molecule has 3 N–H and O–H groups in total. The van der Waals surface area contributed by atoms with Crippen molar-refractivity contribution in [1.82, 2.24) is 14.9 Å². The number of amides is 2. The van der Waals surface area contributed by atoms with Gasteiger partial charge in [0.2, 0.25) is 11.9 Å². The number of piperidine rings is 1. The van der Waals surface area contributed by atoms with Crippen LogP contribution in [0.2, 0.25) is 0 Å². The summed E-state index contributed by atoms with van der Waals surface area (Å²) in [5.74, 6) is 0.545. The molecule has 0 aromatic carbocycles. The smallest absolute Gasteiger partial charge is 0.277 e. The molecular weight excluding hydrogens is 308 g/mol. The van der Waals surface area contributed by atoms with Crippen molar-refractivity contribution in [3.63, 3.8) is 0 Å². The second kappa shape index (κ2) is 7.57. The van der Waals surface area contributed by atoms with Crippen LogP contribution in [-0.2, 0) is 9.59 Å². The highest BCUT2D eigenvalue weighted by molar-refractivity contribution is 5.78. The first-order valence-electron chi connectivity index (χ1n) is 8.56. The molecule has 24 heavy (non-hydrogen) atoms. The molecule has 3 heterocycles. The first-order chi connectivity index (χ1) is 11.6. The SMILES string of the molecule is NC(=O)[C@H]1CCC[NH+](CC(=O)N2CCN(c3ncccn3)CC2)C1. The number of primary amides is 1. The van der Waals surface area contributed by atoms with Crippen LogP contribution in [0, 0.1) is 5.92 Å². The lowest BCUT2D eigenvalue weighted by molar-refractivity contribution is -0.899. The van der Waals surface area contributed by atoms with Gasteiger partial charge in [-0.05, 0) is 18.9 Å². The van der Waals surface area contributed by atoms with E-state index in [-0.39, 0.29) is 17.7 Å². The summed E-state index contributed by atoms with van der Waals surface area (Å²) in [5, 5.41) is 0. The van der Waals surface area contributed by atoms with E-state index in [2.05, 4.69) is 14.9 Å². The fourth-order valence-corrected chi connectivity index (χ4v) is 3.49. The zero-order chi connectivity index (χ0) is 16.9. The van der Waals surface area contributed by atoms with Crippen LogP contribution in [0.15, 0.2) is 18.5 Å². The second-order valence-corrected chi connectivity index (χ2v) is 6.54. The minimum Gasteiger partial charge on any atom is -0.369 e. The maximum Gasteiger partial charge on any atom is 0.277 e. The van der Waals surface area contributed by atoms with Gasteiger partial charge in [0.15, 0.2) is 6.54 Å². The molecule has 2 aliphatic rings. The summed E-state index contributed by atoms with van der Waals surface area (Å²) < 4.78 is 0. The molecule has 2 amide bonds. The number of likely N-dealkylation sites (tertiary alicyclic amines) is 1. The average Bonchev–Trinajstić information content (AvgIpc) is 2.63. The van der Waals surface area contributed by atoms with Gasteiger partial charge < -0.3 is 20.4 Å². The summed E-state index contributed by atoms with van der Waals surface area (Å²) in [4.78, 5) is 37.6. The number of nitrogens with two attached hydrogens (primary N) is 1. The zero-order valence-electron chi connectivity index (χ0n) is 13.9. The van der Waals surface area contributed by atoms with E-state index in [1.807, 2.05) is 4.90 Å². The molecule has 8 nitrogen and oxygen atoms in total. The third kappa shape index (κ3) is 4.00. The molecule has 2 atom stereocenters. The Hall–Kier alpha value is -2.22. The van der Waals surface area contributed by atoms with Gasteiger partial charge in [-0.3, -0.25) is 9.59 Å². The highest BCUT2D eigenvalue weighted by atomic mass is 16.2. The fourth-order valence-electron chi connectivity index (χ4n) is 3.49. The van der Waals surface area contributed by atoms with E-state index in [1.165, 1.54) is 4.90 Å². The van der Waals surface area contributed by atoms with Crippen LogP contribution < -0.4 is 15.5 Å². The number of nitrogens with zero attached hydrogens (tertiary/aromatic N) is 4. The van der Waals surface area contributed by atoms with Gasteiger partial charge in [0, 0.05) is 38.6 Å². The lowest BCUT2D eigenvalue weighted by Gasteiger charge is -2.35. The van der Waals surface area contributed by atoms with Crippen molar-refractivity contribution in [1.29, 1.82) is 0 Å². The number of rotatable bonds is 4. The largest absolute Gasteiger partial charge is 0.369 e. The van der Waals surface area contributed by atoms with Gasteiger partial charge in [0.05, 0.1) is 19.0 Å². The molecule has 130 valence electrons. The summed E-state index contributed by atoms with van der Waals surface area (Å²) >= 11 is 0. The topological polar surface area (TPSA) is 96.9 Å². The molecule has 3 rings (SSSR count). The quantitative estimate of drug-likeness (QED) is 0.658. The minimum atomic E-state index is -0.240. The highest BCUT2D eigenvalue weighted by Gasteiger charge is 2.30. The molecule has 0 bridgehead atoms. The molecule has 1 unspecified atom stereocenters. The lowest BCUT2D eigenvalue weighted by atomic mass is 9.97. The molecule has 0 saturated carbocycles. The molecule has 2 aliphatic heterocycles. The number of hydrogen-bond donors (Lipinski definition) is 2. The van der Waals surface area contributed by atoms with Crippen LogP contribution in [-0.4, -0.2) is 72.5 Å². The van der Waals surface area contributed by atoms with E-state index in [4.69, 9.17) is 5.73 Å². The van der Waals surface area contributed by atoms with Gasteiger partial charge in [0.25, 0.3) is 5.91 Å². The third-order valence-electron chi connectivity index (χ3n) is 4.89. The Bertz CT molecular complexity index is 573. The molecule has 0 aliphatic carbocycles. The predicted octanol–water partition coefficient (Wildman–Crippen LogP) is -2.09. The molecule has 8 heteroatoms. The number of quaternary nitrogens is 1. The Morgan fingerprint density at radius 3 is 2.58 bits per heavy atom. The molecule has 2 fully saturated rings. The van der Waals surface area contributed by atoms with Crippen molar-refractivity contribution in [3.8, 4) is 0 Å². The van der Waals surface area contributed by atoms with E-state index in [0.717, 1.165) is 38.4 Å². The van der Waals surface area contributed by atoms with E-state index >= 15 is 0 Å². The van der Waals surface area contributed by atoms with Crippen molar-refractivity contribution in [2.24, 2.45) is 11.7 Å². The van der Waals surface area contributed by atoms with Crippen LogP contribution in [0.1, 0.15) is 12.8 Å². The summed E-state index contributed by atoms with van der Waals surface area (Å²) in [6, 6.07) is 1.80. The van der Waals surface area contributed by atoms with Crippen LogP contribution in [0.3, 0.4) is 0 Å². The van der Waals surface area contributed by atoms with Crippen molar-refractivity contribution >= 4 is 17.8 Å². The fraction of sp³-hybridized carbons (Fsp3) is 0.625. The van der Waals surface area contributed by atoms with Crippen LogP contribution in [0.4, 0.5) is 5.95 Å². The summed E-state index contributed by atoms with van der Waals surface area (Å²) in [5.41, 5.74) is 5.41. The summed E-state index contributed by atoms with van der Waals surface area (Å²) in [6.45, 7) is 4.93. The Morgan fingerprint density at radius 1 is 1.21 bits per heavy atom. The standard InChI is InChI=1S/C16H24N6O2/c17-15(24)13-3-1-6-20(11-13)12-14(23)21-7-9-22(10-8-21)16-18-4-2-5-19-16/h2,4-5,13H,1,3,6-12H2,(H2,17,24)/p+1/t13-/m0/s1. The molecule has 0 spiro atoms. The average molecular weight is 333 g/mol. The lowest BCUT2D eigenvalue weighted by Crippen LogP contribution is -3.15. The molecule has 2 saturated heterocycles. The number of carbonyl (C=O) groups excluding carboxylic acids is 2. The third-order valence-corrected chi connectivity index (χ3v) is 4.89. The first kappa shape index (κ1) is 16.6. The Kier molecular flexibility index (Phi) is 5.24. The maximum atomic E-state index is 12.5. The molecule has 1 aromatic rings. The second-order valence-electron chi connectivity index (χ2n) is 6.54. The normalized spacial score (nSPS) is 24.7. The highest BCUT2D eigenvalue weighted by Crippen LogP contribution is 2.10. The number of nitrogens with one attached hydrogen (secondary N) is 1. The minimum absolute atomic E-state index is 0.0892. The predicted molar refractivity (Wildman–Crippen MR) is 88.3 cm³/mol. The van der Waals surface area contributed by atoms with Crippen molar-refractivity contribution in [2.75, 3.05) is 50.7 Å². The van der Waals surface area contributed by atoms with Gasteiger partial charge in [-0.25, -0.2) is 9.97 Å². The monoisotopic (exact) mass is 333 g/mol. The Balaban J connectivity index is 1.48. The van der Waals surface area contributed by atoms with Gasteiger partial charge in [-0.15, -0.1) is 0 Å². The van der Waals surface area contributed by atoms with Gasteiger partial charge in [-0.1, -0.05) is 0 Å². The Labute approximate surface area is 141 Å².